The van der Waals surface area contributed by atoms with Crippen LogP contribution in [0.1, 0.15) is 37.7 Å². The predicted molar refractivity (Wildman–Crippen MR) is 77.6 cm³/mol. The van der Waals surface area contributed by atoms with E-state index < -0.39 is 0 Å². The van der Waals surface area contributed by atoms with Crippen molar-refractivity contribution in [1.82, 2.24) is 0 Å². The first-order valence-electron chi connectivity index (χ1n) is 6.42. The van der Waals surface area contributed by atoms with Crippen molar-refractivity contribution in [3.63, 3.8) is 0 Å². The molecule has 1 aliphatic carbocycles. The molecule has 17 heavy (non-hydrogen) atoms. The lowest BCUT2D eigenvalue weighted by Gasteiger charge is -2.20. The molecule has 0 aliphatic heterocycles. The van der Waals surface area contributed by atoms with E-state index in [1.807, 2.05) is 21.6 Å². The van der Waals surface area contributed by atoms with Crippen LogP contribution in [0.25, 0.3) is 0 Å². The lowest BCUT2D eigenvalue weighted by molar-refractivity contribution is 0.299. The van der Waals surface area contributed by atoms with Gasteiger partial charge in [-0.25, -0.2) is 0 Å². The zero-order chi connectivity index (χ0) is 11.9. The van der Waals surface area contributed by atoms with Gasteiger partial charge in [0.2, 0.25) is 0 Å². The minimum absolute atomic E-state index is 0.242. The maximum Gasteiger partial charge on any atom is 0.0471 e. The highest BCUT2D eigenvalue weighted by atomic mass is 33.1. The van der Waals surface area contributed by atoms with Gasteiger partial charge >= 0.3 is 0 Å². The molecule has 0 radical (unpaired) electrons. The molecule has 0 unspecified atom stereocenters. The Labute approximate surface area is 112 Å². The second-order valence-electron chi connectivity index (χ2n) is 4.52. The molecule has 1 aliphatic rings. The van der Waals surface area contributed by atoms with Crippen molar-refractivity contribution in [1.29, 1.82) is 0 Å². The van der Waals surface area contributed by atoms with Crippen LogP contribution in [0.2, 0.25) is 0 Å². The largest absolute Gasteiger partial charge is 0.396 e. The quantitative estimate of drug-likeness (QED) is 0.804. The summed E-state index contributed by atoms with van der Waals surface area (Å²) in [6.07, 6.45) is 7.74. The topological polar surface area (TPSA) is 20.2 Å². The van der Waals surface area contributed by atoms with Gasteiger partial charge in [-0.15, -0.1) is 0 Å². The molecule has 1 saturated carbocycles. The highest BCUT2D eigenvalue weighted by Crippen LogP contribution is 2.41. The molecule has 3 heteroatoms. The van der Waals surface area contributed by atoms with E-state index in [1.165, 1.54) is 42.6 Å². The Kier molecular flexibility index (Phi) is 5.75. The maximum absolute atomic E-state index is 9.05. The van der Waals surface area contributed by atoms with Crippen LogP contribution < -0.4 is 0 Å². The summed E-state index contributed by atoms with van der Waals surface area (Å²) < 4.78 is 0. The lowest BCUT2D eigenvalue weighted by Crippen LogP contribution is -2.06. The molecular weight excluding hydrogens is 248 g/mol. The fourth-order valence-corrected chi connectivity index (χ4v) is 5.15. The zero-order valence-corrected chi connectivity index (χ0v) is 11.7. The Hall–Kier alpha value is -0.120. The van der Waals surface area contributed by atoms with E-state index in [0.717, 1.165) is 11.7 Å². The molecule has 94 valence electrons. The van der Waals surface area contributed by atoms with Gasteiger partial charge in [-0.3, -0.25) is 0 Å². The summed E-state index contributed by atoms with van der Waals surface area (Å²) in [5, 5.41) is 9.87. The van der Waals surface area contributed by atoms with Gasteiger partial charge in [-0.1, -0.05) is 59.0 Å². The van der Waals surface area contributed by atoms with Crippen LogP contribution in [0.5, 0.6) is 0 Å². The SMILES string of the molecule is OCCc1ccccc1SSC1CCCCC1. The summed E-state index contributed by atoms with van der Waals surface area (Å²) in [5.74, 6) is 0. The van der Waals surface area contributed by atoms with Crippen LogP contribution in [0.4, 0.5) is 0 Å². The Morgan fingerprint density at radius 2 is 1.88 bits per heavy atom. The standard InChI is InChI=1S/C14H20OS2/c15-11-10-12-6-4-5-9-14(12)17-16-13-7-2-1-3-8-13/h4-6,9,13,15H,1-3,7-8,10-11H2. The van der Waals surface area contributed by atoms with Gasteiger partial charge in [0.25, 0.3) is 0 Å². The molecule has 1 aromatic carbocycles. The van der Waals surface area contributed by atoms with Crippen molar-refractivity contribution in [2.45, 2.75) is 48.7 Å². The van der Waals surface area contributed by atoms with E-state index in [-0.39, 0.29) is 6.61 Å². The monoisotopic (exact) mass is 268 g/mol. The van der Waals surface area contributed by atoms with Crippen molar-refractivity contribution >= 4 is 21.6 Å². The minimum Gasteiger partial charge on any atom is -0.396 e. The van der Waals surface area contributed by atoms with E-state index in [1.54, 1.807) is 0 Å². The van der Waals surface area contributed by atoms with E-state index >= 15 is 0 Å². The normalized spacial score (nSPS) is 17.2. The van der Waals surface area contributed by atoms with Crippen LogP contribution in [0.3, 0.4) is 0 Å². The van der Waals surface area contributed by atoms with Crippen molar-refractivity contribution in [2.24, 2.45) is 0 Å². The molecule has 0 amide bonds. The summed E-state index contributed by atoms with van der Waals surface area (Å²) in [7, 11) is 3.92. The van der Waals surface area contributed by atoms with Crippen LogP contribution in [-0.2, 0) is 6.42 Å². The number of benzene rings is 1. The second kappa shape index (κ2) is 7.34. The van der Waals surface area contributed by atoms with Crippen molar-refractivity contribution in [3.8, 4) is 0 Å². The number of hydrogen-bond acceptors (Lipinski definition) is 3. The molecular formula is C14H20OS2. The predicted octanol–water partition coefficient (Wildman–Crippen LogP) is 4.29. The number of rotatable bonds is 5. The Bertz CT molecular complexity index is 335. The average molecular weight is 268 g/mol. The molecule has 0 bridgehead atoms. The third-order valence-electron chi connectivity index (χ3n) is 3.18. The first kappa shape index (κ1) is 13.3. The summed E-state index contributed by atoms with van der Waals surface area (Å²) in [4.78, 5) is 1.33. The third kappa shape index (κ3) is 4.23. The third-order valence-corrected chi connectivity index (χ3v) is 6.24. The molecule has 0 spiro atoms. The first-order chi connectivity index (χ1) is 8.40. The highest BCUT2D eigenvalue weighted by Gasteiger charge is 2.15. The zero-order valence-electron chi connectivity index (χ0n) is 10.1. The molecule has 1 N–H and O–H groups in total. The molecule has 1 nitrogen and oxygen atoms in total. The van der Waals surface area contributed by atoms with Crippen LogP contribution >= 0.6 is 21.6 Å². The van der Waals surface area contributed by atoms with Crippen LogP contribution in [-0.4, -0.2) is 17.0 Å². The summed E-state index contributed by atoms with van der Waals surface area (Å²) in [5.41, 5.74) is 1.28. The molecule has 0 atom stereocenters. The molecule has 0 saturated heterocycles. The second-order valence-corrected chi connectivity index (χ2v) is 7.06. The minimum atomic E-state index is 0.242. The first-order valence-corrected chi connectivity index (χ1v) is 8.63. The molecule has 1 fully saturated rings. The summed E-state index contributed by atoms with van der Waals surface area (Å²) in [6, 6.07) is 8.44. The van der Waals surface area contributed by atoms with Gasteiger partial charge in [0, 0.05) is 16.8 Å². The Balaban J connectivity index is 1.88. The van der Waals surface area contributed by atoms with E-state index in [2.05, 4.69) is 24.3 Å². The van der Waals surface area contributed by atoms with Crippen molar-refractivity contribution in [3.05, 3.63) is 29.8 Å². The van der Waals surface area contributed by atoms with Crippen LogP contribution in [0.15, 0.2) is 29.2 Å². The molecule has 0 aromatic heterocycles. The number of aliphatic hydroxyl groups excluding tert-OH is 1. The fourth-order valence-electron chi connectivity index (χ4n) is 2.19. The van der Waals surface area contributed by atoms with Gasteiger partial charge < -0.3 is 5.11 Å². The van der Waals surface area contributed by atoms with E-state index in [4.69, 9.17) is 5.11 Å². The summed E-state index contributed by atoms with van der Waals surface area (Å²) >= 11 is 0. The van der Waals surface area contributed by atoms with Crippen molar-refractivity contribution < 1.29 is 5.11 Å². The van der Waals surface area contributed by atoms with Gasteiger partial charge in [-0.2, -0.15) is 0 Å². The summed E-state index contributed by atoms with van der Waals surface area (Å²) in [6.45, 7) is 0.242. The molecule has 0 heterocycles. The Morgan fingerprint density at radius 1 is 1.12 bits per heavy atom. The molecule has 1 aromatic rings. The smallest absolute Gasteiger partial charge is 0.0471 e. The Morgan fingerprint density at radius 3 is 2.65 bits per heavy atom. The van der Waals surface area contributed by atoms with Crippen LogP contribution in [0, 0.1) is 0 Å². The van der Waals surface area contributed by atoms with Gasteiger partial charge in [0.1, 0.15) is 0 Å². The average Bonchev–Trinajstić information content (AvgIpc) is 2.39. The number of hydrogen-bond donors (Lipinski definition) is 1. The van der Waals surface area contributed by atoms with E-state index in [0.29, 0.717) is 0 Å². The lowest BCUT2D eigenvalue weighted by atomic mass is 10.0. The van der Waals surface area contributed by atoms with E-state index in [9.17, 15) is 0 Å². The highest BCUT2D eigenvalue weighted by molar-refractivity contribution is 8.77. The molecule has 2 rings (SSSR count). The van der Waals surface area contributed by atoms with Gasteiger partial charge in [-0.05, 0) is 30.9 Å². The van der Waals surface area contributed by atoms with Crippen molar-refractivity contribution in [2.75, 3.05) is 6.61 Å². The maximum atomic E-state index is 9.05. The fraction of sp³-hybridized carbons (Fsp3) is 0.571. The number of aliphatic hydroxyl groups is 1. The van der Waals surface area contributed by atoms with Gasteiger partial charge in [0.05, 0.1) is 0 Å². The van der Waals surface area contributed by atoms with Gasteiger partial charge in [0.15, 0.2) is 0 Å².